The Morgan fingerprint density at radius 3 is 2.27 bits per heavy atom. The summed E-state index contributed by atoms with van der Waals surface area (Å²) in [5, 5.41) is 14.9. The van der Waals surface area contributed by atoms with Crippen molar-refractivity contribution in [2.24, 2.45) is 0 Å². The summed E-state index contributed by atoms with van der Waals surface area (Å²) in [7, 11) is 0. The molecule has 19 heteroatoms. The van der Waals surface area contributed by atoms with Crippen LogP contribution < -0.4 is 26.6 Å². The zero-order chi connectivity index (χ0) is 49.9. The molecule has 5 N–H and O–H groups in total. The number of hydrogen-bond acceptors (Lipinski definition) is 11. The Morgan fingerprint density at radius 1 is 0.803 bits per heavy atom. The first-order valence-electron chi connectivity index (χ1n) is 23.9. The monoisotopic (exact) mass is 1010 g/mol. The summed E-state index contributed by atoms with van der Waals surface area (Å²) in [5.41, 5.74) is 1.07. The molecule has 4 aromatic rings. The fraction of sp³-hybridized carbons (Fsp3) is 0.404. The van der Waals surface area contributed by atoms with Crippen LogP contribution in [0.25, 0.3) is 0 Å². The van der Waals surface area contributed by atoms with E-state index in [1.54, 1.807) is 72.8 Å². The molecular weight excluding hydrogens is 959 g/mol. The van der Waals surface area contributed by atoms with Crippen LogP contribution in [-0.4, -0.2) is 110 Å². The van der Waals surface area contributed by atoms with E-state index in [4.69, 9.17) is 37.4 Å². The molecule has 0 radical (unpaired) electrons. The minimum atomic E-state index is -1.37. The van der Waals surface area contributed by atoms with E-state index in [1.165, 1.54) is 6.07 Å². The number of amides is 7. The van der Waals surface area contributed by atoms with Gasteiger partial charge in [0.05, 0.1) is 55.2 Å². The Hall–Kier alpha value is -6.08. The molecule has 372 valence electrons. The largest absolute Gasteiger partial charge is 0.379 e. The van der Waals surface area contributed by atoms with Crippen LogP contribution in [0.2, 0.25) is 10.0 Å². The second-order valence-corrected chi connectivity index (χ2v) is 19.2. The number of benzene rings is 4. The highest BCUT2D eigenvalue weighted by molar-refractivity contribution is 6.31. The predicted molar refractivity (Wildman–Crippen MR) is 260 cm³/mol. The lowest BCUT2D eigenvalue weighted by Gasteiger charge is -2.47. The number of carbonyl (C=O) groups excluding carboxylic acids is 7. The highest BCUT2D eigenvalue weighted by atomic mass is 35.5. The number of ether oxygens (including phenoxy) is 3. The second-order valence-electron chi connectivity index (χ2n) is 18.4. The van der Waals surface area contributed by atoms with Crippen molar-refractivity contribution in [1.29, 1.82) is 0 Å². The van der Waals surface area contributed by atoms with Gasteiger partial charge >= 0.3 is 0 Å². The minimum absolute atomic E-state index is 0.0532. The molecule has 16 nitrogen and oxygen atoms in total. The van der Waals surface area contributed by atoms with E-state index in [-0.39, 0.29) is 59.5 Å². The zero-order valence-corrected chi connectivity index (χ0v) is 40.2. The fourth-order valence-electron chi connectivity index (χ4n) is 11.2. The van der Waals surface area contributed by atoms with Crippen LogP contribution in [0.1, 0.15) is 105 Å². The third-order valence-corrected chi connectivity index (χ3v) is 14.8. The summed E-state index contributed by atoms with van der Waals surface area (Å²) >= 11 is 12.8. The molecule has 1 unspecified atom stereocenters. The van der Waals surface area contributed by atoms with Crippen molar-refractivity contribution < 1.29 is 52.2 Å². The summed E-state index contributed by atoms with van der Waals surface area (Å²) in [5.74, 6) is -4.97. The van der Waals surface area contributed by atoms with Crippen LogP contribution >= 0.6 is 23.2 Å². The van der Waals surface area contributed by atoms with E-state index in [9.17, 15) is 33.6 Å². The molecule has 5 aliphatic rings. The van der Waals surface area contributed by atoms with E-state index >= 15 is 4.39 Å². The highest BCUT2D eigenvalue weighted by Gasteiger charge is 2.72. The van der Waals surface area contributed by atoms with Gasteiger partial charge in [-0.3, -0.25) is 49.1 Å². The molecule has 7 amide bonds. The maximum Gasteiger partial charge on any atom is 0.262 e. The first-order valence-corrected chi connectivity index (χ1v) is 24.7. The lowest BCUT2D eigenvalue weighted by atomic mass is 9.55. The number of piperidine rings is 1. The van der Waals surface area contributed by atoms with E-state index < -0.39 is 64.3 Å². The Bertz CT molecular complexity index is 2770. The van der Waals surface area contributed by atoms with Gasteiger partial charge in [0.25, 0.3) is 17.7 Å². The number of rotatable bonds is 18. The van der Waals surface area contributed by atoms with Gasteiger partial charge in [-0.1, -0.05) is 72.8 Å². The molecule has 2 spiro atoms. The Morgan fingerprint density at radius 2 is 1.52 bits per heavy atom. The lowest BCUT2D eigenvalue weighted by molar-refractivity contribution is -0.136. The standard InChI is InChI=1S/C52H53Cl2FN6O10/c53-32-14-17-36-38(29-32)58-50(68)52(36)42(35-10-5-11-37(54)43(35)55)44(60-51(52)20-2-1-3-21-51)47(65)57-33-15-12-31(13-16-33)45(63)56-22-24-70-26-28-71-27-25-69-23-6-8-30-7-4-9-34-41(30)49(67)61(48(34)66)39-18-19-40(62)59-46(39)64/h4-5,7,9-17,29,39,42,44,60H,1-3,6,8,18-28H2,(H,56,63)(H,57,65)(H,58,68)(H,59,62,64)/t39?,42-,44+,52+/m0/s1. The first kappa shape index (κ1) is 49.9. The molecule has 2 saturated heterocycles. The first-order chi connectivity index (χ1) is 34.3. The molecule has 71 heavy (non-hydrogen) atoms. The number of nitrogens with zero attached hydrogens (tertiary/aromatic N) is 1. The summed E-state index contributed by atoms with van der Waals surface area (Å²) in [4.78, 5) is 93.5. The molecular formula is C52H53Cl2FN6O10. The number of imide groups is 2. The maximum atomic E-state index is 16.2. The van der Waals surface area contributed by atoms with Crippen LogP contribution in [0.5, 0.6) is 0 Å². The molecule has 1 saturated carbocycles. The molecule has 1 aliphatic carbocycles. The number of anilines is 2. The third kappa shape index (κ3) is 9.58. The summed E-state index contributed by atoms with van der Waals surface area (Å²) in [6.45, 7) is 2.12. The number of hydrogen-bond donors (Lipinski definition) is 5. The fourth-order valence-corrected chi connectivity index (χ4v) is 11.5. The molecule has 4 atom stereocenters. The van der Waals surface area contributed by atoms with Gasteiger partial charge in [0.1, 0.15) is 17.3 Å². The zero-order valence-electron chi connectivity index (χ0n) is 38.7. The van der Waals surface area contributed by atoms with Gasteiger partial charge in [-0.2, -0.15) is 0 Å². The Kier molecular flexibility index (Phi) is 15.0. The van der Waals surface area contributed by atoms with Gasteiger partial charge in [0.15, 0.2) is 0 Å². The highest BCUT2D eigenvalue weighted by Crippen LogP contribution is 2.63. The van der Waals surface area contributed by atoms with Crippen molar-refractivity contribution in [3.63, 3.8) is 0 Å². The van der Waals surface area contributed by atoms with E-state index in [0.29, 0.717) is 91.8 Å². The topological polar surface area (TPSA) is 211 Å². The van der Waals surface area contributed by atoms with Crippen LogP contribution in [0, 0.1) is 5.82 Å². The smallest absolute Gasteiger partial charge is 0.262 e. The lowest BCUT2D eigenvalue weighted by Crippen LogP contribution is -2.60. The van der Waals surface area contributed by atoms with Gasteiger partial charge < -0.3 is 30.2 Å². The summed E-state index contributed by atoms with van der Waals surface area (Å²) < 4.78 is 33.1. The Labute approximate surface area is 419 Å². The van der Waals surface area contributed by atoms with Crippen molar-refractivity contribution in [2.45, 2.75) is 86.7 Å². The van der Waals surface area contributed by atoms with Crippen LogP contribution in [-0.2, 0) is 45.2 Å². The SMILES string of the molecule is O=C1CCC(N2C(=O)c3cccc(CCCOCCOCCOCCNC(=O)c4ccc(NC(=O)[C@@H]5NC6(CCCCC6)[C@@]6(C(=O)Nc7cc(Cl)ccc76)[C@H]5c5cccc(Cl)c5F)cc4)c3C2=O)C(=O)N1. The van der Waals surface area contributed by atoms with E-state index in [2.05, 4.69) is 26.6 Å². The number of fused-ring (bicyclic) bond motifs is 4. The number of aryl methyl sites for hydroxylation is 1. The average molecular weight is 1010 g/mol. The normalized spacial score (nSPS) is 22.2. The maximum absolute atomic E-state index is 16.2. The van der Waals surface area contributed by atoms with Gasteiger partial charge in [0, 0.05) is 53.0 Å². The van der Waals surface area contributed by atoms with Gasteiger partial charge in [0.2, 0.25) is 23.6 Å². The van der Waals surface area contributed by atoms with Gasteiger partial charge in [-0.25, -0.2) is 4.39 Å². The molecule has 3 fully saturated rings. The van der Waals surface area contributed by atoms with Gasteiger partial charge in [-0.05, 0) is 97.3 Å². The van der Waals surface area contributed by atoms with Crippen LogP contribution in [0.4, 0.5) is 15.8 Å². The van der Waals surface area contributed by atoms with Crippen LogP contribution in [0.3, 0.4) is 0 Å². The van der Waals surface area contributed by atoms with Crippen molar-refractivity contribution in [3.8, 4) is 0 Å². The Balaban J connectivity index is 0.705. The number of carbonyl (C=O) groups is 7. The molecule has 9 rings (SSSR count). The van der Waals surface area contributed by atoms with Gasteiger partial charge in [-0.15, -0.1) is 0 Å². The second kappa shape index (κ2) is 21.3. The molecule has 4 heterocycles. The van der Waals surface area contributed by atoms with E-state index in [0.717, 1.165) is 24.2 Å². The van der Waals surface area contributed by atoms with Crippen molar-refractivity contribution in [3.05, 3.63) is 128 Å². The molecule has 4 aromatic carbocycles. The van der Waals surface area contributed by atoms with Crippen LogP contribution in [0.15, 0.2) is 78.9 Å². The summed E-state index contributed by atoms with van der Waals surface area (Å²) in [6.07, 6.45) is 4.95. The predicted octanol–water partition coefficient (Wildman–Crippen LogP) is 6.23. The summed E-state index contributed by atoms with van der Waals surface area (Å²) in [6, 6.07) is 19.2. The number of nitrogens with one attached hydrogen (secondary N) is 5. The quantitative estimate of drug-likeness (QED) is 0.0557. The molecule has 0 bridgehead atoms. The van der Waals surface area contributed by atoms with E-state index in [1.807, 2.05) is 0 Å². The average Bonchev–Trinajstić information content (AvgIpc) is 3.91. The molecule has 4 aliphatic heterocycles. The minimum Gasteiger partial charge on any atom is -0.379 e. The number of halogens is 3. The van der Waals surface area contributed by atoms with Crippen molar-refractivity contribution >= 4 is 75.9 Å². The van der Waals surface area contributed by atoms with Crippen molar-refractivity contribution in [2.75, 3.05) is 56.8 Å². The third-order valence-electron chi connectivity index (χ3n) is 14.3. The van der Waals surface area contributed by atoms with Crippen molar-refractivity contribution in [1.82, 2.24) is 20.9 Å². The molecule has 0 aromatic heterocycles.